The molecule has 33 heavy (non-hydrogen) atoms. The topological polar surface area (TPSA) is 56.8 Å². The fraction of sp³-hybridized carbons (Fsp3) is 0.458. The number of carbonyl (C=O) groups is 1. The molecule has 0 aromatic heterocycles. The number of alkyl halides is 3. The Hall–Kier alpha value is -2.62. The molecule has 0 aliphatic carbocycles. The van der Waals surface area contributed by atoms with Crippen molar-refractivity contribution in [2.75, 3.05) is 39.8 Å². The number of rotatable bonds is 6. The van der Waals surface area contributed by atoms with Crippen LogP contribution in [0.4, 0.5) is 13.2 Å². The smallest absolute Gasteiger partial charge is 0.416 e. The molecule has 2 heterocycles. The zero-order chi connectivity index (χ0) is 23.4. The van der Waals surface area contributed by atoms with Gasteiger partial charge in [-0.2, -0.15) is 13.2 Å². The van der Waals surface area contributed by atoms with Gasteiger partial charge in [0, 0.05) is 51.6 Å². The second-order valence-corrected chi connectivity index (χ2v) is 8.56. The third kappa shape index (κ3) is 5.66. The van der Waals surface area contributed by atoms with Crippen LogP contribution in [0.5, 0.6) is 5.75 Å². The van der Waals surface area contributed by atoms with Crippen LogP contribution >= 0.6 is 0 Å². The normalized spacial score (nSPS) is 22.4. The maximum absolute atomic E-state index is 13.4. The van der Waals surface area contributed by atoms with Gasteiger partial charge in [-0.1, -0.05) is 30.3 Å². The van der Waals surface area contributed by atoms with Crippen LogP contribution < -0.4 is 15.6 Å². The zero-order valence-electron chi connectivity index (χ0n) is 18.6. The second-order valence-electron chi connectivity index (χ2n) is 8.56. The van der Waals surface area contributed by atoms with Gasteiger partial charge in [0.25, 0.3) is 0 Å². The summed E-state index contributed by atoms with van der Waals surface area (Å²) in [5.74, 6) is 0.995. The van der Waals surface area contributed by atoms with Gasteiger partial charge >= 0.3 is 6.18 Å². The Morgan fingerprint density at radius 3 is 2.55 bits per heavy atom. The van der Waals surface area contributed by atoms with Crippen LogP contribution in [-0.4, -0.2) is 55.5 Å². The standard InChI is InChI=1S/C24H29F3N4O2/c1-33-20-8-6-17(7-9-20)23-19(14-28-29-23)15-30-11-10-22(32)31(13-12-30)16-18-4-2-3-5-21(18)24(25,26)27/h2-9,19,23,28-29H,10-16H2,1H3. The molecule has 9 heteroatoms. The summed E-state index contributed by atoms with van der Waals surface area (Å²) < 4.78 is 45.3. The van der Waals surface area contributed by atoms with E-state index in [0.29, 0.717) is 32.0 Å². The molecule has 0 bridgehead atoms. The summed E-state index contributed by atoms with van der Waals surface area (Å²) in [6.07, 6.45) is -4.13. The average Bonchev–Trinajstić information content (AvgIpc) is 3.20. The van der Waals surface area contributed by atoms with E-state index in [4.69, 9.17) is 4.74 Å². The molecule has 0 saturated carbocycles. The van der Waals surface area contributed by atoms with Crippen LogP contribution in [-0.2, 0) is 17.5 Å². The number of hydrazine groups is 1. The van der Waals surface area contributed by atoms with Crippen LogP contribution in [0.3, 0.4) is 0 Å². The van der Waals surface area contributed by atoms with Gasteiger partial charge in [0.15, 0.2) is 0 Å². The fourth-order valence-electron chi connectivity index (χ4n) is 4.60. The molecule has 6 nitrogen and oxygen atoms in total. The number of benzene rings is 2. The van der Waals surface area contributed by atoms with Gasteiger partial charge in [0.2, 0.25) is 5.91 Å². The third-order valence-electron chi connectivity index (χ3n) is 6.43. The lowest BCUT2D eigenvalue weighted by Crippen LogP contribution is -2.36. The zero-order valence-corrected chi connectivity index (χ0v) is 18.6. The van der Waals surface area contributed by atoms with E-state index in [2.05, 4.69) is 15.8 Å². The highest BCUT2D eigenvalue weighted by molar-refractivity contribution is 5.76. The van der Waals surface area contributed by atoms with Gasteiger partial charge < -0.3 is 14.5 Å². The lowest BCUT2D eigenvalue weighted by Gasteiger charge is -2.27. The first-order valence-electron chi connectivity index (χ1n) is 11.1. The molecule has 2 unspecified atom stereocenters. The van der Waals surface area contributed by atoms with Gasteiger partial charge in [-0.05, 0) is 29.3 Å². The number of halogens is 3. The van der Waals surface area contributed by atoms with E-state index in [-0.39, 0.29) is 24.1 Å². The summed E-state index contributed by atoms with van der Waals surface area (Å²) >= 11 is 0. The third-order valence-corrected chi connectivity index (χ3v) is 6.43. The Kier molecular flexibility index (Phi) is 7.21. The summed E-state index contributed by atoms with van der Waals surface area (Å²) in [5.41, 5.74) is 7.18. The quantitative estimate of drug-likeness (QED) is 0.691. The summed E-state index contributed by atoms with van der Waals surface area (Å²) in [6.45, 7) is 3.20. The monoisotopic (exact) mass is 462 g/mol. The number of ether oxygens (including phenoxy) is 1. The van der Waals surface area contributed by atoms with Crippen LogP contribution in [0.25, 0.3) is 0 Å². The molecule has 1 amide bonds. The van der Waals surface area contributed by atoms with Gasteiger partial charge in [-0.15, -0.1) is 0 Å². The highest BCUT2D eigenvalue weighted by Crippen LogP contribution is 2.33. The molecule has 4 rings (SSSR count). The molecule has 2 aliphatic heterocycles. The lowest BCUT2D eigenvalue weighted by molar-refractivity contribution is -0.139. The molecular weight excluding hydrogens is 433 g/mol. The van der Waals surface area contributed by atoms with E-state index in [0.717, 1.165) is 30.5 Å². The summed E-state index contributed by atoms with van der Waals surface area (Å²) in [7, 11) is 1.64. The first kappa shape index (κ1) is 23.5. The van der Waals surface area contributed by atoms with E-state index in [1.807, 2.05) is 24.3 Å². The number of carbonyl (C=O) groups excluding carboxylic acids is 1. The molecule has 0 radical (unpaired) electrons. The van der Waals surface area contributed by atoms with Crippen LogP contribution in [0.1, 0.15) is 29.2 Å². The number of hydrogen-bond acceptors (Lipinski definition) is 5. The molecule has 2 saturated heterocycles. The SMILES string of the molecule is COc1ccc(C2NNCC2CN2CCC(=O)N(Cc3ccccc3C(F)(F)F)CC2)cc1. The maximum Gasteiger partial charge on any atom is 0.416 e. The van der Waals surface area contributed by atoms with E-state index >= 15 is 0 Å². The Morgan fingerprint density at radius 2 is 1.82 bits per heavy atom. The molecule has 2 atom stereocenters. The number of hydrogen-bond donors (Lipinski definition) is 2. The first-order valence-corrected chi connectivity index (χ1v) is 11.1. The summed E-state index contributed by atoms with van der Waals surface area (Å²) in [5, 5.41) is 0. The number of amides is 1. The molecule has 2 aromatic rings. The number of nitrogens with zero attached hydrogens (tertiary/aromatic N) is 2. The molecule has 2 fully saturated rings. The minimum atomic E-state index is -4.43. The van der Waals surface area contributed by atoms with Crippen LogP contribution in [0, 0.1) is 5.92 Å². The Morgan fingerprint density at radius 1 is 1.06 bits per heavy atom. The van der Waals surface area contributed by atoms with Crippen LogP contribution in [0.2, 0.25) is 0 Å². The number of nitrogens with one attached hydrogen (secondary N) is 2. The minimum Gasteiger partial charge on any atom is -0.497 e. The Labute approximate surface area is 191 Å². The van der Waals surface area contributed by atoms with Crippen LogP contribution in [0.15, 0.2) is 48.5 Å². The van der Waals surface area contributed by atoms with E-state index < -0.39 is 11.7 Å². The van der Waals surface area contributed by atoms with E-state index in [9.17, 15) is 18.0 Å². The van der Waals surface area contributed by atoms with Gasteiger partial charge in [-0.25, -0.2) is 5.43 Å². The Balaban J connectivity index is 1.39. The maximum atomic E-state index is 13.4. The Bertz CT molecular complexity index is 951. The summed E-state index contributed by atoms with van der Waals surface area (Å²) in [4.78, 5) is 16.5. The molecular formula is C24H29F3N4O2. The highest BCUT2D eigenvalue weighted by atomic mass is 19.4. The molecule has 0 spiro atoms. The average molecular weight is 463 g/mol. The first-order chi connectivity index (χ1) is 15.8. The van der Waals surface area contributed by atoms with Crippen molar-refractivity contribution in [2.24, 2.45) is 5.92 Å². The van der Waals surface area contributed by atoms with Crippen molar-refractivity contribution < 1.29 is 22.7 Å². The second kappa shape index (κ2) is 10.1. The largest absolute Gasteiger partial charge is 0.497 e. The molecule has 178 valence electrons. The fourth-order valence-corrected chi connectivity index (χ4v) is 4.60. The molecule has 2 aromatic carbocycles. The van der Waals surface area contributed by atoms with Crippen molar-refractivity contribution in [2.45, 2.75) is 25.2 Å². The number of methoxy groups -OCH3 is 1. The van der Waals surface area contributed by atoms with Crippen molar-refractivity contribution in [3.63, 3.8) is 0 Å². The predicted molar refractivity (Wildman–Crippen MR) is 118 cm³/mol. The van der Waals surface area contributed by atoms with Crippen molar-refractivity contribution >= 4 is 5.91 Å². The van der Waals surface area contributed by atoms with Gasteiger partial charge in [0.1, 0.15) is 5.75 Å². The highest BCUT2D eigenvalue weighted by Gasteiger charge is 2.34. The van der Waals surface area contributed by atoms with E-state index in [1.54, 1.807) is 18.1 Å². The molecule has 2 aliphatic rings. The molecule has 2 N–H and O–H groups in total. The summed E-state index contributed by atoms with van der Waals surface area (Å²) in [6, 6.07) is 13.6. The van der Waals surface area contributed by atoms with Gasteiger partial charge in [-0.3, -0.25) is 10.2 Å². The van der Waals surface area contributed by atoms with Crippen molar-refractivity contribution in [1.82, 2.24) is 20.7 Å². The van der Waals surface area contributed by atoms with Gasteiger partial charge in [0.05, 0.1) is 18.7 Å². The lowest BCUT2D eigenvalue weighted by atomic mass is 9.94. The van der Waals surface area contributed by atoms with Crippen molar-refractivity contribution in [3.05, 3.63) is 65.2 Å². The van der Waals surface area contributed by atoms with E-state index in [1.165, 1.54) is 12.1 Å². The predicted octanol–water partition coefficient (Wildman–Crippen LogP) is 3.21. The van der Waals surface area contributed by atoms with Crippen molar-refractivity contribution in [1.29, 1.82) is 0 Å². The minimum absolute atomic E-state index is 0.0244. The van der Waals surface area contributed by atoms with Crippen molar-refractivity contribution in [3.8, 4) is 5.75 Å².